The van der Waals surface area contributed by atoms with Crippen LogP contribution in [0, 0.1) is 5.92 Å². The standard InChI is InChI=1S/C7H14N2/c1-3-6-5(2)4-7(8)9-6/h5-6H,3-4H2,1-2H3,(H2,8,9)/t5-,6-/m0/s1. The molecule has 1 rings (SSSR count). The lowest BCUT2D eigenvalue weighted by Gasteiger charge is -2.07. The first kappa shape index (κ1) is 6.59. The first-order valence-electron chi connectivity index (χ1n) is 3.56. The van der Waals surface area contributed by atoms with E-state index in [-0.39, 0.29) is 0 Å². The number of hydrogen-bond acceptors (Lipinski definition) is 2. The van der Waals surface area contributed by atoms with Crippen LogP contribution in [0.15, 0.2) is 4.99 Å². The summed E-state index contributed by atoms with van der Waals surface area (Å²) < 4.78 is 0. The maximum atomic E-state index is 5.54. The van der Waals surface area contributed by atoms with Gasteiger partial charge in [0, 0.05) is 6.42 Å². The van der Waals surface area contributed by atoms with Crippen molar-refractivity contribution in [3.63, 3.8) is 0 Å². The molecule has 2 nitrogen and oxygen atoms in total. The molecular formula is C7H14N2. The molecule has 0 aromatic heterocycles. The van der Waals surface area contributed by atoms with Crippen LogP contribution in [0.25, 0.3) is 0 Å². The van der Waals surface area contributed by atoms with Gasteiger partial charge in [-0.05, 0) is 12.3 Å². The van der Waals surface area contributed by atoms with Crippen molar-refractivity contribution in [1.29, 1.82) is 0 Å². The minimum Gasteiger partial charge on any atom is -0.387 e. The molecule has 1 aliphatic heterocycles. The van der Waals surface area contributed by atoms with Crippen LogP contribution in [0.3, 0.4) is 0 Å². The third-order valence-electron chi connectivity index (χ3n) is 1.94. The third-order valence-corrected chi connectivity index (χ3v) is 1.94. The molecule has 2 heteroatoms. The van der Waals surface area contributed by atoms with Crippen molar-refractivity contribution >= 4 is 5.84 Å². The van der Waals surface area contributed by atoms with Crippen molar-refractivity contribution in [2.75, 3.05) is 0 Å². The molecule has 0 saturated heterocycles. The summed E-state index contributed by atoms with van der Waals surface area (Å²) in [5, 5.41) is 0. The van der Waals surface area contributed by atoms with Crippen LogP contribution >= 0.6 is 0 Å². The van der Waals surface area contributed by atoms with Gasteiger partial charge in [0.05, 0.1) is 11.9 Å². The Morgan fingerprint density at radius 1 is 1.78 bits per heavy atom. The lowest BCUT2D eigenvalue weighted by atomic mass is 10.0. The average Bonchev–Trinajstić information content (AvgIpc) is 2.10. The Bertz CT molecular complexity index is 129. The van der Waals surface area contributed by atoms with Crippen molar-refractivity contribution in [2.24, 2.45) is 16.6 Å². The molecule has 0 aromatic rings. The normalized spacial score (nSPS) is 34.7. The van der Waals surface area contributed by atoms with Gasteiger partial charge in [-0.2, -0.15) is 0 Å². The van der Waals surface area contributed by atoms with Crippen LogP contribution < -0.4 is 5.73 Å². The highest BCUT2D eigenvalue weighted by Gasteiger charge is 2.21. The Balaban J connectivity index is 2.53. The minimum atomic E-state index is 0.505. The summed E-state index contributed by atoms with van der Waals surface area (Å²) >= 11 is 0. The first-order chi connectivity index (χ1) is 4.24. The maximum Gasteiger partial charge on any atom is 0.0944 e. The number of aliphatic imine (C=N–C) groups is 1. The molecule has 0 aliphatic carbocycles. The smallest absolute Gasteiger partial charge is 0.0944 e. The van der Waals surface area contributed by atoms with Gasteiger partial charge in [-0.3, -0.25) is 4.99 Å². The second-order valence-corrected chi connectivity index (χ2v) is 2.78. The van der Waals surface area contributed by atoms with Gasteiger partial charge >= 0.3 is 0 Å². The predicted molar refractivity (Wildman–Crippen MR) is 39.5 cm³/mol. The van der Waals surface area contributed by atoms with E-state index in [1.807, 2.05) is 0 Å². The number of rotatable bonds is 1. The summed E-state index contributed by atoms with van der Waals surface area (Å²) in [6.07, 6.45) is 2.13. The molecule has 0 amide bonds. The van der Waals surface area contributed by atoms with Crippen molar-refractivity contribution in [3.8, 4) is 0 Å². The zero-order valence-electron chi connectivity index (χ0n) is 6.09. The second kappa shape index (κ2) is 2.38. The molecule has 0 unspecified atom stereocenters. The quantitative estimate of drug-likeness (QED) is 0.562. The van der Waals surface area contributed by atoms with Crippen molar-refractivity contribution in [2.45, 2.75) is 32.7 Å². The van der Waals surface area contributed by atoms with Crippen LogP contribution in [-0.2, 0) is 0 Å². The van der Waals surface area contributed by atoms with E-state index in [0.29, 0.717) is 12.0 Å². The number of hydrogen-bond donors (Lipinski definition) is 1. The van der Waals surface area contributed by atoms with Gasteiger partial charge in [0.1, 0.15) is 0 Å². The van der Waals surface area contributed by atoms with Crippen LogP contribution in [-0.4, -0.2) is 11.9 Å². The highest BCUT2D eigenvalue weighted by Crippen LogP contribution is 2.20. The van der Waals surface area contributed by atoms with Crippen LogP contribution in [0.2, 0.25) is 0 Å². The summed E-state index contributed by atoms with van der Waals surface area (Å²) in [6.45, 7) is 4.36. The zero-order valence-corrected chi connectivity index (χ0v) is 6.09. The van der Waals surface area contributed by atoms with E-state index in [4.69, 9.17) is 5.73 Å². The Morgan fingerprint density at radius 2 is 2.44 bits per heavy atom. The Morgan fingerprint density at radius 3 is 2.67 bits per heavy atom. The van der Waals surface area contributed by atoms with Gasteiger partial charge in [-0.15, -0.1) is 0 Å². The molecule has 9 heavy (non-hydrogen) atoms. The van der Waals surface area contributed by atoms with Crippen LogP contribution in [0.1, 0.15) is 26.7 Å². The van der Waals surface area contributed by atoms with Gasteiger partial charge in [0.15, 0.2) is 0 Å². The van der Waals surface area contributed by atoms with Gasteiger partial charge in [0.2, 0.25) is 0 Å². The molecule has 0 saturated carbocycles. The third kappa shape index (κ3) is 1.23. The summed E-state index contributed by atoms with van der Waals surface area (Å²) in [5.41, 5.74) is 5.54. The summed E-state index contributed by atoms with van der Waals surface area (Å²) in [7, 11) is 0. The van der Waals surface area contributed by atoms with Crippen molar-refractivity contribution in [1.82, 2.24) is 0 Å². The van der Waals surface area contributed by atoms with Crippen LogP contribution in [0.5, 0.6) is 0 Å². The molecular weight excluding hydrogens is 112 g/mol. The SMILES string of the molecule is CC[C@@H]1N=C(N)C[C@@H]1C. The lowest BCUT2D eigenvalue weighted by Crippen LogP contribution is -2.10. The van der Waals surface area contributed by atoms with E-state index < -0.39 is 0 Å². The Kier molecular flexibility index (Phi) is 1.74. The maximum absolute atomic E-state index is 5.54. The molecule has 0 bridgehead atoms. The minimum absolute atomic E-state index is 0.505. The van der Waals surface area contributed by atoms with E-state index in [1.165, 1.54) is 0 Å². The van der Waals surface area contributed by atoms with E-state index in [1.54, 1.807) is 0 Å². The Labute approximate surface area is 56.2 Å². The van der Waals surface area contributed by atoms with Gasteiger partial charge < -0.3 is 5.73 Å². The molecule has 2 N–H and O–H groups in total. The Hall–Kier alpha value is -0.530. The van der Waals surface area contributed by atoms with E-state index in [2.05, 4.69) is 18.8 Å². The fourth-order valence-corrected chi connectivity index (χ4v) is 1.35. The first-order valence-corrected chi connectivity index (χ1v) is 3.56. The molecule has 1 heterocycles. The van der Waals surface area contributed by atoms with Crippen LogP contribution in [0.4, 0.5) is 0 Å². The highest BCUT2D eigenvalue weighted by molar-refractivity contribution is 5.82. The monoisotopic (exact) mass is 126 g/mol. The summed E-state index contributed by atoms with van der Waals surface area (Å²) in [4.78, 5) is 4.28. The number of nitrogens with two attached hydrogens (primary N) is 1. The second-order valence-electron chi connectivity index (χ2n) is 2.78. The highest BCUT2D eigenvalue weighted by atomic mass is 14.9. The summed E-state index contributed by atoms with van der Waals surface area (Å²) in [5.74, 6) is 1.52. The van der Waals surface area contributed by atoms with Gasteiger partial charge in [-0.1, -0.05) is 13.8 Å². The fourth-order valence-electron chi connectivity index (χ4n) is 1.35. The zero-order chi connectivity index (χ0) is 6.85. The molecule has 0 radical (unpaired) electrons. The van der Waals surface area contributed by atoms with Crippen molar-refractivity contribution in [3.05, 3.63) is 0 Å². The number of nitrogens with zero attached hydrogens (tertiary/aromatic N) is 1. The molecule has 0 aromatic carbocycles. The fraction of sp³-hybridized carbons (Fsp3) is 0.857. The van der Waals surface area contributed by atoms with E-state index in [0.717, 1.165) is 18.7 Å². The van der Waals surface area contributed by atoms with Crippen molar-refractivity contribution < 1.29 is 0 Å². The molecule has 0 fully saturated rings. The molecule has 2 atom stereocenters. The van der Waals surface area contributed by atoms with Gasteiger partial charge in [0.25, 0.3) is 0 Å². The van der Waals surface area contributed by atoms with E-state index in [9.17, 15) is 0 Å². The summed E-state index contributed by atoms with van der Waals surface area (Å²) in [6, 6.07) is 0.505. The average molecular weight is 126 g/mol. The predicted octanol–water partition coefficient (Wildman–Crippen LogP) is 1.16. The number of amidine groups is 1. The van der Waals surface area contributed by atoms with E-state index >= 15 is 0 Å². The largest absolute Gasteiger partial charge is 0.387 e. The topological polar surface area (TPSA) is 38.4 Å². The lowest BCUT2D eigenvalue weighted by molar-refractivity contribution is 0.492. The molecule has 0 spiro atoms. The molecule has 52 valence electrons. The molecule has 1 aliphatic rings. The van der Waals surface area contributed by atoms with Gasteiger partial charge in [-0.25, -0.2) is 0 Å².